The Hall–Kier alpha value is -5.55. The quantitative estimate of drug-likeness (QED) is 0.0871. The van der Waals surface area contributed by atoms with Crippen LogP contribution in [-0.4, -0.2) is 83.9 Å². The van der Waals surface area contributed by atoms with Gasteiger partial charge in [0.15, 0.2) is 19.8 Å². The number of aryl methyl sites for hydroxylation is 3. The van der Waals surface area contributed by atoms with Crippen LogP contribution in [-0.2, 0) is 43.8 Å². The van der Waals surface area contributed by atoms with Gasteiger partial charge in [-0.3, -0.25) is 14.4 Å². The lowest BCUT2D eigenvalue weighted by atomic mass is 9.68. The summed E-state index contributed by atoms with van der Waals surface area (Å²) in [7, 11) is 6.66. The van der Waals surface area contributed by atoms with Crippen LogP contribution in [0.25, 0.3) is 0 Å². The molecule has 0 fully saturated rings. The fraction of sp³-hybridized carbons (Fsp3) is 0.386. The number of carbonyl (C=O) groups is 3. The maximum Gasteiger partial charge on any atom is 0.259 e. The lowest BCUT2D eigenvalue weighted by Gasteiger charge is -2.37. The highest BCUT2D eigenvalue weighted by molar-refractivity contribution is 5.77. The van der Waals surface area contributed by atoms with E-state index in [1.54, 1.807) is 28.3 Å². The van der Waals surface area contributed by atoms with Crippen LogP contribution in [0.5, 0.6) is 23.0 Å². The molecule has 3 amide bonds. The van der Waals surface area contributed by atoms with Gasteiger partial charge < -0.3 is 39.6 Å². The van der Waals surface area contributed by atoms with E-state index >= 15 is 0 Å². The number of carbonyl (C=O) groups excluding carboxylic acids is 3. The normalized spacial score (nSPS) is 11.9. The maximum absolute atomic E-state index is 12.4. The number of hydrogen-bond donors (Lipinski definition) is 2. The maximum atomic E-state index is 12.4. The van der Waals surface area contributed by atoms with E-state index in [1.165, 1.54) is 4.90 Å². The monoisotopic (exact) mass is 753 g/mol. The van der Waals surface area contributed by atoms with E-state index < -0.39 is 11.3 Å². The molecule has 11 heteroatoms. The molecule has 0 aromatic heterocycles. The Morgan fingerprint density at radius 2 is 1.11 bits per heavy atom. The van der Waals surface area contributed by atoms with Gasteiger partial charge in [0.25, 0.3) is 17.7 Å². The summed E-state index contributed by atoms with van der Waals surface area (Å²) in [4.78, 5) is 37.7. The van der Waals surface area contributed by atoms with E-state index in [0.29, 0.717) is 56.1 Å². The van der Waals surface area contributed by atoms with Crippen LogP contribution < -0.4 is 30.0 Å². The van der Waals surface area contributed by atoms with Crippen molar-refractivity contribution < 1.29 is 38.1 Å². The number of nitrogens with two attached hydrogens (primary N) is 1. The largest absolute Gasteiger partial charge is 0.491 e. The Bertz CT molecular complexity index is 1830. The summed E-state index contributed by atoms with van der Waals surface area (Å²) < 4.78 is 29.6. The molecule has 0 saturated carbocycles. The van der Waals surface area contributed by atoms with E-state index in [2.05, 4.69) is 11.4 Å². The van der Waals surface area contributed by atoms with Gasteiger partial charge in [-0.05, 0) is 91.3 Å². The van der Waals surface area contributed by atoms with Crippen LogP contribution in [0.3, 0.4) is 0 Å². The van der Waals surface area contributed by atoms with Crippen molar-refractivity contribution in [1.29, 1.82) is 0 Å². The highest BCUT2D eigenvalue weighted by Crippen LogP contribution is 2.45. The van der Waals surface area contributed by atoms with Crippen molar-refractivity contribution in [3.8, 4) is 23.0 Å². The van der Waals surface area contributed by atoms with Crippen molar-refractivity contribution in [2.75, 3.05) is 61.3 Å². The first-order valence-corrected chi connectivity index (χ1v) is 18.7. The molecular formula is C44H55N3O8. The van der Waals surface area contributed by atoms with E-state index in [9.17, 15) is 14.4 Å². The molecule has 11 nitrogen and oxygen atoms in total. The summed E-state index contributed by atoms with van der Waals surface area (Å²) in [6.07, 6.45) is 5.01. The predicted octanol–water partition coefficient (Wildman–Crippen LogP) is 5.69. The van der Waals surface area contributed by atoms with Gasteiger partial charge in [0, 0.05) is 33.8 Å². The molecule has 0 saturated heterocycles. The number of primary amides is 1. The van der Waals surface area contributed by atoms with Crippen molar-refractivity contribution in [1.82, 2.24) is 10.2 Å². The van der Waals surface area contributed by atoms with Gasteiger partial charge >= 0.3 is 0 Å². The zero-order chi connectivity index (χ0) is 39.5. The summed E-state index contributed by atoms with van der Waals surface area (Å²) in [5.74, 6) is 1.89. The minimum Gasteiger partial charge on any atom is -0.491 e. The second-order valence-electron chi connectivity index (χ2n) is 13.6. The van der Waals surface area contributed by atoms with Crippen molar-refractivity contribution in [2.24, 2.45) is 5.73 Å². The van der Waals surface area contributed by atoms with E-state index in [-0.39, 0.29) is 31.6 Å². The van der Waals surface area contributed by atoms with Gasteiger partial charge in [-0.1, -0.05) is 72.8 Å². The number of nitrogens with one attached hydrogen (secondary N) is 1. The smallest absolute Gasteiger partial charge is 0.259 e. The number of amides is 3. The lowest BCUT2D eigenvalue weighted by molar-refractivity contribution is -0.130. The fourth-order valence-corrected chi connectivity index (χ4v) is 6.60. The molecule has 0 radical (unpaired) electrons. The highest BCUT2D eigenvalue weighted by Gasteiger charge is 2.35. The summed E-state index contributed by atoms with van der Waals surface area (Å²) in [5.41, 5.74) is 9.05. The van der Waals surface area contributed by atoms with Crippen LogP contribution in [0, 0.1) is 0 Å². The van der Waals surface area contributed by atoms with Crippen LogP contribution in [0.1, 0.15) is 47.9 Å². The molecule has 294 valence electrons. The second kappa shape index (κ2) is 22.0. The van der Waals surface area contributed by atoms with E-state index in [0.717, 1.165) is 47.3 Å². The molecule has 0 aliphatic heterocycles. The van der Waals surface area contributed by atoms with Gasteiger partial charge in [-0.2, -0.15) is 0 Å². The average molecular weight is 754 g/mol. The number of likely N-dealkylation sites (N-methyl/N-ethyl adjacent to an activating group) is 2. The number of benzene rings is 4. The molecule has 0 bridgehead atoms. The molecule has 0 aliphatic carbocycles. The minimum atomic E-state index is -0.543. The third-order valence-electron chi connectivity index (χ3n) is 9.63. The molecule has 0 spiro atoms. The van der Waals surface area contributed by atoms with E-state index in [1.807, 2.05) is 91.0 Å². The number of nitrogens with zero attached hydrogens (tertiary/aromatic N) is 1. The lowest BCUT2D eigenvalue weighted by Crippen LogP contribution is -2.30. The third-order valence-corrected chi connectivity index (χ3v) is 9.63. The van der Waals surface area contributed by atoms with Crippen molar-refractivity contribution >= 4 is 17.7 Å². The summed E-state index contributed by atoms with van der Waals surface area (Å²) in [6.45, 7) is 0.485. The average Bonchev–Trinajstić information content (AvgIpc) is 3.20. The van der Waals surface area contributed by atoms with Crippen LogP contribution in [0.15, 0.2) is 97.1 Å². The Kier molecular flexibility index (Phi) is 16.9. The molecule has 55 heavy (non-hydrogen) atoms. The minimum absolute atomic E-state index is 0.0429. The number of ether oxygens (including phenoxy) is 5. The molecule has 1 unspecified atom stereocenters. The number of rotatable bonds is 24. The molecule has 3 N–H and O–H groups in total. The molecule has 1 atom stereocenters. The molecule has 4 aromatic rings. The summed E-state index contributed by atoms with van der Waals surface area (Å²) >= 11 is 0. The predicted molar refractivity (Wildman–Crippen MR) is 213 cm³/mol. The standard InChI is InChI=1S/C44H55N3O8/c1-46-42(49)31-54-39-21-11-7-16-35(39)24-27-44(36-18-8-12-22-40(36)52-29-28-51-4,26-23-34-15-6-10-20-38(34)53-30-41(45)48)25-13-17-33-14-5-9-19-37(33)55-32-43(50)47(2)3/h5-12,14-16,18-22H,13,17,23-32H2,1-4H3,(H2,45,48)(H,46,49). The first kappa shape index (κ1) is 42.2. The molecular weight excluding hydrogens is 698 g/mol. The first-order valence-electron chi connectivity index (χ1n) is 18.7. The number of para-hydroxylation sites is 4. The SMILES string of the molecule is CNC(=O)COc1ccccc1CCC(CCCc1ccccc1OCC(=O)N(C)C)(CCc1ccccc1OCC(N)=O)c1ccccc1OCCOC. The summed E-state index contributed by atoms with van der Waals surface area (Å²) in [6, 6.07) is 31.6. The van der Waals surface area contributed by atoms with Crippen LogP contribution in [0.4, 0.5) is 0 Å². The molecule has 4 aromatic carbocycles. The first-order chi connectivity index (χ1) is 26.7. The number of methoxy groups -OCH3 is 1. The summed E-state index contributed by atoms with van der Waals surface area (Å²) in [5, 5.41) is 2.62. The zero-order valence-corrected chi connectivity index (χ0v) is 32.5. The number of hydrogen-bond acceptors (Lipinski definition) is 8. The van der Waals surface area contributed by atoms with Crippen molar-refractivity contribution in [2.45, 2.75) is 50.4 Å². The van der Waals surface area contributed by atoms with Gasteiger partial charge in [-0.25, -0.2) is 0 Å². The van der Waals surface area contributed by atoms with Gasteiger partial charge in [0.1, 0.15) is 29.6 Å². The van der Waals surface area contributed by atoms with Gasteiger partial charge in [0.05, 0.1) is 6.61 Å². The Labute approximate surface area is 325 Å². The Balaban J connectivity index is 1.75. The van der Waals surface area contributed by atoms with Crippen LogP contribution >= 0.6 is 0 Å². The Morgan fingerprint density at radius 3 is 1.64 bits per heavy atom. The van der Waals surface area contributed by atoms with Crippen molar-refractivity contribution in [3.63, 3.8) is 0 Å². The fourth-order valence-electron chi connectivity index (χ4n) is 6.60. The van der Waals surface area contributed by atoms with E-state index in [4.69, 9.17) is 29.4 Å². The van der Waals surface area contributed by atoms with Gasteiger partial charge in [0.2, 0.25) is 0 Å². The third kappa shape index (κ3) is 13.1. The molecule has 0 aliphatic rings. The van der Waals surface area contributed by atoms with Crippen LogP contribution in [0.2, 0.25) is 0 Å². The topological polar surface area (TPSA) is 139 Å². The Morgan fingerprint density at radius 1 is 0.618 bits per heavy atom. The zero-order valence-electron chi connectivity index (χ0n) is 32.5. The van der Waals surface area contributed by atoms with Gasteiger partial charge in [-0.15, -0.1) is 0 Å². The molecule has 4 rings (SSSR count). The molecule has 0 heterocycles. The second-order valence-corrected chi connectivity index (χ2v) is 13.6. The van der Waals surface area contributed by atoms with Crippen molar-refractivity contribution in [3.05, 3.63) is 119 Å². The highest BCUT2D eigenvalue weighted by atomic mass is 16.5.